The molecule has 1 aromatic heterocycles. The molecule has 0 saturated carbocycles. The molecule has 2 saturated heterocycles. The van der Waals surface area contributed by atoms with Crippen LogP contribution in [0.5, 0.6) is 0 Å². The Labute approximate surface area is 124 Å². The first kappa shape index (κ1) is 14.0. The van der Waals surface area contributed by atoms with Gasteiger partial charge in [0, 0.05) is 50.2 Å². The summed E-state index contributed by atoms with van der Waals surface area (Å²) in [5.74, 6) is 0.0750. The Balaban J connectivity index is 1.41. The molecule has 2 fully saturated rings. The minimum absolute atomic E-state index is 0.0750. The Hall–Kier alpha value is -0.980. The van der Waals surface area contributed by atoms with E-state index in [4.69, 9.17) is 0 Å². The molecule has 0 unspecified atom stereocenters. The topological polar surface area (TPSA) is 48.5 Å². The SMILES string of the molecule is O=C(CCN1CCN2CCCC[C@H]2C1)Nc1nccs1. The van der Waals surface area contributed by atoms with E-state index >= 15 is 0 Å². The van der Waals surface area contributed by atoms with Crippen LogP contribution in [0.4, 0.5) is 5.13 Å². The molecule has 6 heteroatoms. The van der Waals surface area contributed by atoms with Gasteiger partial charge in [-0.25, -0.2) is 4.98 Å². The molecule has 2 aliphatic heterocycles. The lowest BCUT2D eigenvalue weighted by Crippen LogP contribution is -2.55. The van der Waals surface area contributed by atoms with Gasteiger partial charge < -0.3 is 5.32 Å². The summed E-state index contributed by atoms with van der Waals surface area (Å²) in [5.41, 5.74) is 0. The summed E-state index contributed by atoms with van der Waals surface area (Å²) >= 11 is 1.46. The van der Waals surface area contributed by atoms with Crippen molar-refractivity contribution >= 4 is 22.4 Å². The van der Waals surface area contributed by atoms with Crippen molar-refractivity contribution < 1.29 is 4.79 Å². The highest BCUT2D eigenvalue weighted by Gasteiger charge is 2.28. The average Bonchev–Trinajstić information content (AvgIpc) is 2.98. The lowest BCUT2D eigenvalue weighted by molar-refractivity contribution is -0.116. The van der Waals surface area contributed by atoms with Gasteiger partial charge in [0.15, 0.2) is 5.13 Å². The minimum atomic E-state index is 0.0750. The van der Waals surface area contributed by atoms with Gasteiger partial charge in [0.05, 0.1) is 0 Å². The number of amides is 1. The Morgan fingerprint density at radius 2 is 2.35 bits per heavy atom. The predicted molar refractivity (Wildman–Crippen MR) is 81.0 cm³/mol. The number of aromatic nitrogens is 1. The van der Waals surface area contributed by atoms with E-state index in [0.717, 1.165) is 25.7 Å². The van der Waals surface area contributed by atoms with E-state index in [9.17, 15) is 4.79 Å². The maximum Gasteiger partial charge on any atom is 0.227 e. The summed E-state index contributed by atoms with van der Waals surface area (Å²) < 4.78 is 0. The summed E-state index contributed by atoms with van der Waals surface area (Å²) in [6.45, 7) is 5.52. The molecule has 5 nitrogen and oxygen atoms in total. The molecule has 1 amide bonds. The van der Waals surface area contributed by atoms with Crippen molar-refractivity contribution in [1.82, 2.24) is 14.8 Å². The van der Waals surface area contributed by atoms with Crippen molar-refractivity contribution in [3.63, 3.8) is 0 Å². The van der Waals surface area contributed by atoms with Crippen LogP contribution in [0, 0.1) is 0 Å². The first-order chi connectivity index (χ1) is 9.81. The van der Waals surface area contributed by atoms with Gasteiger partial charge in [-0.15, -0.1) is 11.3 Å². The van der Waals surface area contributed by atoms with Gasteiger partial charge in [0.25, 0.3) is 0 Å². The Kier molecular flexibility index (Phi) is 4.65. The Bertz CT molecular complexity index is 436. The zero-order chi connectivity index (χ0) is 13.8. The van der Waals surface area contributed by atoms with Crippen LogP contribution < -0.4 is 5.32 Å². The number of piperidine rings is 1. The van der Waals surface area contributed by atoms with Gasteiger partial charge in [-0.2, -0.15) is 0 Å². The third-order valence-corrected chi connectivity index (χ3v) is 4.94. The van der Waals surface area contributed by atoms with E-state index in [1.54, 1.807) is 6.20 Å². The molecule has 1 atom stereocenters. The lowest BCUT2D eigenvalue weighted by atomic mass is 9.99. The van der Waals surface area contributed by atoms with Gasteiger partial charge in [-0.05, 0) is 19.4 Å². The number of nitrogens with one attached hydrogen (secondary N) is 1. The normalized spacial score (nSPS) is 24.3. The number of rotatable bonds is 4. The molecular weight excluding hydrogens is 272 g/mol. The number of anilines is 1. The molecule has 3 rings (SSSR count). The van der Waals surface area contributed by atoms with E-state index in [0.29, 0.717) is 11.6 Å². The molecular formula is C14H22N4OS. The maximum absolute atomic E-state index is 11.9. The zero-order valence-corrected chi connectivity index (χ0v) is 12.6. The molecule has 3 heterocycles. The van der Waals surface area contributed by atoms with E-state index in [-0.39, 0.29) is 5.91 Å². The zero-order valence-electron chi connectivity index (χ0n) is 11.8. The number of carbonyl (C=O) groups excluding carboxylic acids is 1. The van der Waals surface area contributed by atoms with E-state index < -0.39 is 0 Å². The lowest BCUT2D eigenvalue weighted by Gasteiger charge is -2.44. The van der Waals surface area contributed by atoms with Crippen LogP contribution in [0.1, 0.15) is 25.7 Å². The smallest absolute Gasteiger partial charge is 0.227 e. The first-order valence-corrected chi connectivity index (χ1v) is 8.35. The molecule has 110 valence electrons. The quantitative estimate of drug-likeness (QED) is 0.917. The third-order valence-electron chi connectivity index (χ3n) is 4.26. The highest BCUT2D eigenvalue weighted by molar-refractivity contribution is 7.13. The van der Waals surface area contributed by atoms with Crippen molar-refractivity contribution in [2.75, 3.05) is 38.0 Å². The van der Waals surface area contributed by atoms with E-state index in [2.05, 4.69) is 20.1 Å². The fraction of sp³-hybridized carbons (Fsp3) is 0.714. The first-order valence-electron chi connectivity index (χ1n) is 7.47. The second-order valence-corrected chi connectivity index (χ2v) is 6.52. The fourth-order valence-electron chi connectivity index (χ4n) is 3.15. The number of piperazine rings is 1. The highest BCUT2D eigenvalue weighted by atomic mass is 32.1. The van der Waals surface area contributed by atoms with Gasteiger partial charge in [-0.1, -0.05) is 6.42 Å². The summed E-state index contributed by atoms with van der Waals surface area (Å²) in [4.78, 5) is 21.0. The Morgan fingerprint density at radius 1 is 1.40 bits per heavy atom. The van der Waals surface area contributed by atoms with Crippen LogP contribution in [0.15, 0.2) is 11.6 Å². The van der Waals surface area contributed by atoms with Crippen LogP contribution in [0.2, 0.25) is 0 Å². The fourth-order valence-corrected chi connectivity index (χ4v) is 3.70. The summed E-state index contributed by atoms with van der Waals surface area (Å²) in [5, 5.41) is 5.42. The highest BCUT2D eigenvalue weighted by Crippen LogP contribution is 2.21. The second kappa shape index (κ2) is 6.65. The summed E-state index contributed by atoms with van der Waals surface area (Å²) in [6.07, 6.45) is 6.31. The summed E-state index contributed by atoms with van der Waals surface area (Å²) in [6, 6.07) is 0.722. The number of thiazole rings is 1. The third kappa shape index (κ3) is 3.56. The molecule has 0 spiro atoms. The van der Waals surface area contributed by atoms with E-state index in [1.165, 1.54) is 43.7 Å². The number of nitrogens with zero attached hydrogens (tertiary/aromatic N) is 3. The molecule has 20 heavy (non-hydrogen) atoms. The largest absolute Gasteiger partial charge is 0.302 e. The number of fused-ring (bicyclic) bond motifs is 1. The summed E-state index contributed by atoms with van der Waals surface area (Å²) in [7, 11) is 0. The van der Waals surface area contributed by atoms with Crippen molar-refractivity contribution in [1.29, 1.82) is 0 Å². The molecule has 1 aromatic rings. The van der Waals surface area contributed by atoms with Crippen LogP contribution in [0.25, 0.3) is 0 Å². The molecule has 1 N–H and O–H groups in total. The van der Waals surface area contributed by atoms with Crippen LogP contribution in [-0.2, 0) is 4.79 Å². The van der Waals surface area contributed by atoms with Gasteiger partial charge in [-0.3, -0.25) is 14.6 Å². The molecule has 0 aliphatic carbocycles. The van der Waals surface area contributed by atoms with Gasteiger partial charge in [0.1, 0.15) is 0 Å². The van der Waals surface area contributed by atoms with Gasteiger partial charge in [0.2, 0.25) is 5.91 Å². The standard InChI is InChI=1S/C14H22N4OS/c19-13(16-14-15-5-10-20-14)4-7-17-8-9-18-6-2-1-3-12(18)11-17/h5,10,12H,1-4,6-9,11H2,(H,15,16,19)/t12-/m0/s1. The molecule has 2 aliphatic rings. The number of hydrogen-bond donors (Lipinski definition) is 1. The molecule has 0 aromatic carbocycles. The van der Waals surface area contributed by atoms with Crippen molar-refractivity contribution in [3.05, 3.63) is 11.6 Å². The molecule has 0 radical (unpaired) electrons. The van der Waals surface area contributed by atoms with E-state index in [1.807, 2.05) is 5.38 Å². The minimum Gasteiger partial charge on any atom is -0.302 e. The van der Waals surface area contributed by atoms with Crippen molar-refractivity contribution in [2.45, 2.75) is 31.7 Å². The van der Waals surface area contributed by atoms with Crippen LogP contribution in [0.3, 0.4) is 0 Å². The van der Waals surface area contributed by atoms with Gasteiger partial charge >= 0.3 is 0 Å². The molecule has 0 bridgehead atoms. The predicted octanol–water partition coefficient (Wildman–Crippen LogP) is 1.64. The van der Waals surface area contributed by atoms with Crippen molar-refractivity contribution in [2.24, 2.45) is 0 Å². The van der Waals surface area contributed by atoms with Crippen LogP contribution >= 0.6 is 11.3 Å². The monoisotopic (exact) mass is 294 g/mol. The number of carbonyl (C=O) groups is 1. The average molecular weight is 294 g/mol. The van der Waals surface area contributed by atoms with Crippen molar-refractivity contribution in [3.8, 4) is 0 Å². The van der Waals surface area contributed by atoms with Crippen LogP contribution in [-0.4, -0.2) is 59.5 Å². The number of hydrogen-bond acceptors (Lipinski definition) is 5. The maximum atomic E-state index is 11.9. The Morgan fingerprint density at radius 3 is 3.20 bits per heavy atom. The second-order valence-electron chi connectivity index (χ2n) is 5.62.